The van der Waals surface area contributed by atoms with Crippen molar-refractivity contribution in [3.63, 3.8) is 0 Å². The number of hydrogen-bond acceptors (Lipinski definition) is 8. The van der Waals surface area contributed by atoms with Crippen LogP contribution in [0.2, 0.25) is 0 Å². The monoisotopic (exact) mass is 369 g/mol. The smallest absolute Gasteiger partial charge is 0.0919 e. The zero-order valence-corrected chi connectivity index (χ0v) is 14.2. The number of imidazole rings is 1. The summed E-state index contributed by atoms with van der Waals surface area (Å²) in [6.45, 7) is 5.89. The van der Waals surface area contributed by atoms with Gasteiger partial charge in [-0.1, -0.05) is 0 Å². The average molecular weight is 369 g/mol. The molecule has 0 aromatic carbocycles. The Morgan fingerprint density at radius 2 is 1.65 bits per heavy atom. The van der Waals surface area contributed by atoms with Crippen molar-refractivity contribution in [2.75, 3.05) is 0 Å². The van der Waals surface area contributed by atoms with Gasteiger partial charge in [-0.3, -0.25) is 0 Å². The number of aromatic nitrogens is 2. The number of nitrogens with zero attached hydrogens (tertiary/aromatic N) is 4. The zero-order valence-electron chi connectivity index (χ0n) is 13.1. The largest absolute Gasteiger partial charge is 0.792 e. The molecular formula is C11H19FeN7O4-4. The zero-order chi connectivity index (χ0) is 17.5. The Balaban J connectivity index is -0.000000263. The molecule has 0 spiro atoms. The fraction of sp³-hybridized carbons (Fsp3) is 0.364. The summed E-state index contributed by atoms with van der Waals surface area (Å²) in [5.41, 5.74) is 2.46. The van der Waals surface area contributed by atoms with Gasteiger partial charge in [0.05, 0.1) is 6.33 Å². The van der Waals surface area contributed by atoms with Crippen molar-refractivity contribution in [2.24, 2.45) is 10.3 Å². The second-order valence-electron chi connectivity index (χ2n) is 3.66. The predicted molar refractivity (Wildman–Crippen MR) is 85.3 cm³/mol. The quantitative estimate of drug-likeness (QED) is 0.466. The third kappa shape index (κ3) is 14.6. The van der Waals surface area contributed by atoms with E-state index in [2.05, 4.69) is 36.1 Å². The molecule has 0 saturated heterocycles. The Morgan fingerprint density at radius 3 is 1.78 bits per heavy atom. The van der Waals surface area contributed by atoms with E-state index in [1.807, 2.05) is 0 Å². The number of aromatic amines is 1. The standard InChI is InChI=1S/C4H8N2O2.C4H7N2O2.C3H4N2.Fe.H2N/c2*1-3(5-7)4(2)6-8;1-2-5-3-4-1;;/h7-8H,1-2H3;5H,1-2H3;1-3H,(H,4,5);;1H2/q;-1;;;-1/p-2/b5-3+,6-4+;4-3-;;;. The van der Waals surface area contributed by atoms with Crippen LogP contribution in [0.5, 0.6) is 0 Å². The Hall–Kier alpha value is -2.11. The number of nitrogens with one attached hydrogen (secondary N) is 2. The molecule has 0 unspecified atom stereocenters. The van der Waals surface area contributed by atoms with Crippen molar-refractivity contribution in [1.29, 1.82) is 0 Å². The Morgan fingerprint density at radius 1 is 1.17 bits per heavy atom. The van der Waals surface area contributed by atoms with Crippen molar-refractivity contribution in [3.8, 4) is 0 Å². The molecule has 0 aliphatic rings. The first-order chi connectivity index (χ1) is 10.3. The average Bonchev–Trinajstić information content (AvgIpc) is 3.11. The van der Waals surface area contributed by atoms with Gasteiger partial charge in [-0.2, -0.15) is 0 Å². The van der Waals surface area contributed by atoms with Gasteiger partial charge >= 0.3 is 60.7 Å². The second-order valence-corrected chi connectivity index (χ2v) is 4.11. The maximum absolute atomic E-state index is 10.3. The van der Waals surface area contributed by atoms with Gasteiger partial charge < -0.3 is 31.9 Å². The van der Waals surface area contributed by atoms with Gasteiger partial charge in [0.1, 0.15) is 0 Å². The maximum Gasteiger partial charge on any atom is 0.0919 e. The summed E-state index contributed by atoms with van der Waals surface area (Å²) in [5.74, 6) is 0. The number of hydrogen-bond donors (Lipinski definition) is 2. The van der Waals surface area contributed by atoms with Gasteiger partial charge in [-0.05, 0) is 13.8 Å². The van der Waals surface area contributed by atoms with E-state index in [0.717, 1.165) is 0 Å². The van der Waals surface area contributed by atoms with Gasteiger partial charge in [0.25, 0.3) is 0 Å². The van der Waals surface area contributed by atoms with Gasteiger partial charge in [-0.25, -0.2) is 4.98 Å². The van der Waals surface area contributed by atoms with Crippen LogP contribution < -0.4 is 5.48 Å². The molecule has 134 valence electrons. The molecule has 0 radical (unpaired) electrons. The molecule has 12 heteroatoms. The van der Waals surface area contributed by atoms with E-state index >= 15 is 0 Å². The van der Waals surface area contributed by atoms with E-state index in [0.29, 0.717) is 15.1 Å². The summed E-state index contributed by atoms with van der Waals surface area (Å²) in [5, 5.41) is 44.4. The molecular weight excluding hydrogens is 350 g/mol. The third-order valence-corrected chi connectivity index (χ3v) is 2.53. The molecule has 0 atom stereocenters. The van der Waals surface area contributed by atoms with E-state index in [4.69, 9.17) is 0 Å². The molecule has 0 bridgehead atoms. The van der Waals surface area contributed by atoms with E-state index in [-0.39, 0.29) is 17.6 Å². The molecule has 1 aromatic heterocycles. The van der Waals surface area contributed by atoms with Crippen molar-refractivity contribution in [1.82, 2.24) is 15.4 Å². The molecule has 0 fully saturated rings. The van der Waals surface area contributed by atoms with Crippen LogP contribution in [0.4, 0.5) is 0 Å². The Kier molecular flexibility index (Phi) is 18.3. The summed E-state index contributed by atoms with van der Waals surface area (Å²) in [4.78, 5) is 6.42. The fourth-order valence-corrected chi connectivity index (χ4v) is 0.734. The maximum atomic E-state index is 10.3. The molecule has 0 saturated carbocycles. The Bertz CT molecular complexity index is 481. The Labute approximate surface area is 142 Å². The van der Waals surface area contributed by atoms with Gasteiger partial charge in [0, 0.05) is 23.8 Å². The van der Waals surface area contributed by atoms with Crippen LogP contribution in [0.25, 0.3) is 6.15 Å². The molecule has 1 heterocycles. The van der Waals surface area contributed by atoms with Gasteiger partial charge in [-0.15, -0.1) is 0 Å². The third-order valence-electron chi connectivity index (χ3n) is 2.15. The fourth-order valence-electron chi connectivity index (χ4n) is 0.549. The van der Waals surface area contributed by atoms with Crippen LogP contribution in [0.15, 0.2) is 40.4 Å². The van der Waals surface area contributed by atoms with E-state index in [1.54, 1.807) is 24.2 Å². The number of H-pyrrole nitrogens is 1. The summed E-state index contributed by atoms with van der Waals surface area (Å²) < 4.78 is 0.389. The first-order valence-corrected chi connectivity index (χ1v) is 6.25. The summed E-state index contributed by atoms with van der Waals surface area (Å²) in [6, 6.07) is 0. The second kappa shape index (κ2) is 16.3. The normalized spacial score (nSPS) is 11.6. The molecule has 0 aliphatic carbocycles. The van der Waals surface area contributed by atoms with Gasteiger partial charge in [0.2, 0.25) is 0 Å². The molecule has 11 nitrogen and oxygen atoms in total. The first-order valence-electron chi connectivity index (χ1n) is 5.76. The van der Waals surface area contributed by atoms with Crippen LogP contribution in [-0.4, -0.2) is 25.1 Å². The van der Waals surface area contributed by atoms with Crippen LogP contribution in [0, 0.1) is 20.8 Å². The summed E-state index contributed by atoms with van der Waals surface area (Å²) >= 11 is 3.05. The van der Waals surface area contributed by atoms with Crippen molar-refractivity contribution in [2.45, 2.75) is 27.7 Å². The number of rotatable bonds is 3. The number of hydroxylamine groups is 2. The number of allylic oxidation sites excluding steroid dienone is 2. The van der Waals surface area contributed by atoms with Crippen molar-refractivity contribution >= 4 is 11.4 Å². The van der Waals surface area contributed by atoms with E-state index in [9.17, 15) is 20.8 Å². The predicted octanol–water partition coefficient (Wildman–Crippen LogP) is 2.60. The first kappa shape index (κ1) is 25.8. The molecule has 4 N–H and O–H groups in total. The van der Waals surface area contributed by atoms with Gasteiger partial charge in [0.15, 0.2) is 0 Å². The minimum atomic E-state index is 0. The van der Waals surface area contributed by atoms with Crippen LogP contribution >= 0.6 is 0 Å². The molecule has 0 amide bonds. The molecule has 23 heavy (non-hydrogen) atoms. The summed E-state index contributed by atoms with van der Waals surface area (Å²) in [6.07, 6.45) is 5.08. The summed E-state index contributed by atoms with van der Waals surface area (Å²) in [7, 11) is 0. The van der Waals surface area contributed by atoms with E-state index in [1.165, 1.54) is 27.7 Å². The topological polar surface area (TPSA) is 194 Å². The van der Waals surface area contributed by atoms with Crippen molar-refractivity contribution in [3.05, 3.63) is 57.1 Å². The van der Waals surface area contributed by atoms with Crippen LogP contribution in [0.3, 0.4) is 0 Å². The van der Waals surface area contributed by atoms with Crippen LogP contribution in [0.1, 0.15) is 27.7 Å². The minimum absolute atomic E-state index is 0. The molecule has 0 aliphatic heterocycles. The molecule has 1 aromatic rings. The van der Waals surface area contributed by atoms with Crippen molar-refractivity contribution < 1.29 is 19.5 Å². The van der Waals surface area contributed by atoms with E-state index < -0.39 is 0 Å². The molecule has 1 rings (SSSR count). The minimum Gasteiger partial charge on any atom is -0.792 e. The SMILES string of the molecule is C/C(N[O-])=C(\C)[N+]([O-])=[Fe].CC(=N\[O-])/C(C)=N/[O-].[NH2-].c1c[nH]cn1. The van der Waals surface area contributed by atoms with Crippen LogP contribution in [-0.2, 0) is 15.8 Å². The number of nitrogens with two attached hydrogens (primary N) is 1.